The molecule has 0 bridgehead atoms. The van der Waals surface area contributed by atoms with E-state index in [0.29, 0.717) is 11.6 Å². The number of pyridine rings is 1. The lowest BCUT2D eigenvalue weighted by molar-refractivity contribution is 0.0613. The van der Waals surface area contributed by atoms with E-state index >= 15 is 0 Å². The molecule has 0 radical (unpaired) electrons. The Morgan fingerprint density at radius 2 is 2.29 bits per heavy atom. The first-order valence-electron chi connectivity index (χ1n) is 5.96. The Bertz CT molecular complexity index is 566. The maximum Gasteiger partial charge on any atom is 0.327 e. The first-order valence-corrected chi connectivity index (χ1v) is 5.96. The predicted molar refractivity (Wildman–Crippen MR) is 63.9 cm³/mol. The molecule has 0 aliphatic carbocycles. The van der Waals surface area contributed by atoms with E-state index in [2.05, 4.69) is 9.97 Å². The third-order valence-electron chi connectivity index (χ3n) is 3.33. The predicted octanol–water partition coefficient (Wildman–Crippen LogP) is 1.15. The second-order valence-corrected chi connectivity index (χ2v) is 4.47. The zero-order valence-corrected chi connectivity index (χ0v) is 9.56. The fraction of sp³-hybridized carbons (Fsp3) is 0.500. The highest BCUT2D eigenvalue weighted by Gasteiger charge is 2.17. The normalized spacial score (nSPS) is 17.6. The van der Waals surface area contributed by atoms with Crippen molar-refractivity contribution in [3.8, 4) is 0 Å². The Balaban J connectivity index is 1.93. The molecule has 0 saturated carbocycles. The molecule has 17 heavy (non-hydrogen) atoms. The monoisotopic (exact) mass is 233 g/mol. The summed E-state index contributed by atoms with van der Waals surface area (Å²) in [5.74, 6) is 0.528. The van der Waals surface area contributed by atoms with Gasteiger partial charge in [0, 0.05) is 26.0 Å². The van der Waals surface area contributed by atoms with Crippen LogP contribution >= 0.6 is 0 Å². The van der Waals surface area contributed by atoms with Crippen molar-refractivity contribution in [2.45, 2.75) is 19.4 Å². The Morgan fingerprint density at radius 1 is 1.47 bits per heavy atom. The summed E-state index contributed by atoms with van der Waals surface area (Å²) in [4.78, 5) is 18.8. The summed E-state index contributed by atoms with van der Waals surface area (Å²) in [7, 11) is 0. The average Bonchev–Trinajstić information content (AvgIpc) is 2.68. The van der Waals surface area contributed by atoms with Crippen LogP contribution in [0.15, 0.2) is 23.1 Å². The van der Waals surface area contributed by atoms with E-state index in [1.54, 1.807) is 10.8 Å². The van der Waals surface area contributed by atoms with Crippen molar-refractivity contribution in [1.29, 1.82) is 0 Å². The number of hydrogen-bond acceptors (Lipinski definition) is 3. The maximum atomic E-state index is 11.8. The largest absolute Gasteiger partial charge is 0.381 e. The summed E-state index contributed by atoms with van der Waals surface area (Å²) in [6.07, 6.45) is 3.75. The molecule has 3 rings (SSSR count). The van der Waals surface area contributed by atoms with Gasteiger partial charge in [0.25, 0.3) is 0 Å². The van der Waals surface area contributed by atoms with Crippen LogP contribution in [0.3, 0.4) is 0 Å². The number of hydrogen-bond donors (Lipinski definition) is 1. The van der Waals surface area contributed by atoms with E-state index < -0.39 is 0 Å². The summed E-state index contributed by atoms with van der Waals surface area (Å²) in [5, 5.41) is 0. The number of ether oxygens (including phenoxy) is 1. The highest BCUT2D eigenvalue weighted by molar-refractivity contribution is 5.70. The lowest BCUT2D eigenvalue weighted by Crippen LogP contribution is -2.25. The van der Waals surface area contributed by atoms with Crippen LogP contribution in [0.1, 0.15) is 12.8 Å². The van der Waals surface area contributed by atoms with Gasteiger partial charge in [-0.2, -0.15) is 0 Å². The van der Waals surface area contributed by atoms with Crippen molar-refractivity contribution >= 4 is 11.2 Å². The average molecular weight is 233 g/mol. The second kappa shape index (κ2) is 4.33. The number of rotatable bonds is 2. The molecule has 1 N–H and O–H groups in total. The number of aromatic nitrogens is 3. The van der Waals surface area contributed by atoms with Gasteiger partial charge in [-0.3, -0.25) is 9.55 Å². The first-order chi connectivity index (χ1) is 8.34. The summed E-state index contributed by atoms with van der Waals surface area (Å²) in [5.41, 5.74) is 1.50. The third kappa shape index (κ3) is 1.98. The molecular formula is C12H15N3O2. The number of nitrogens with one attached hydrogen (secondary N) is 1. The van der Waals surface area contributed by atoms with Gasteiger partial charge in [0.15, 0.2) is 5.65 Å². The molecule has 5 heteroatoms. The maximum absolute atomic E-state index is 11.8. The highest BCUT2D eigenvalue weighted by atomic mass is 16.5. The van der Waals surface area contributed by atoms with Crippen molar-refractivity contribution in [1.82, 2.24) is 14.5 Å². The Hall–Kier alpha value is -1.62. The van der Waals surface area contributed by atoms with Crippen molar-refractivity contribution in [2.75, 3.05) is 13.2 Å². The molecule has 0 spiro atoms. The number of nitrogens with zero attached hydrogens (tertiary/aromatic N) is 2. The van der Waals surface area contributed by atoms with Crippen LogP contribution in [0.2, 0.25) is 0 Å². The highest BCUT2D eigenvalue weighted by Crippen LogP contribution is 2.18. The molecule has 0 unspecified atom stereocenters. The molecule has 5 nitrogen and oxygen atoms in total. The van der Waals surface area contributed by atoms with Crippen LogP contribution in [-0.4, -0.2) is 27.7 Å². The fourth-order valence-corrected chi connectivity index (χ4v) is 2.36. The van der Waals surface area contributed by atoms with Gasteiger partial charge in [-0.05, 0) is 30.9 Å². The molecule has 1 saturated heterocycles. The van der Waals surface area contributed by atoms with E-state index in [1.807, 2.05) is 12.1 Å². The van der Waals surface area contributed by atoms with Crippen molar-refractivity contribution in [3.63, 3.8) is 0 Å². The molecule has 3 heterocycles. The Morgan fingerprint density at radius 3 is 3.12 bits per heavy atom. The molecule has 90 valence electrons. The topological polar surface area (TPSA) is 59.9 Å². The Kier molecular flexibility index (Phi) is 2.68. The third-order valence-corrected chi connectivity index (χ3v) is 3.33. The summed E-state index contributed by atoms with van der Waals surface area (Å²) < 4.78 is 7.12. The van der Waals surface area contributed by atoms with E-state index in [-0.39, 0.29) is 5.69 Å². The van der Waals surface area contributed by atoms with Gasteiger partial charge in [-0.15, -0.1) is 0 Å². The van der Waals surface area contributed by atoms with Crippen LogP contribution in [0.5, 0.6) is 0 Å². The van der Waals surface area contributed by atoms with Crippen molar-refractivity contribution < 1.29 is 4.74 Å². The molecule has 2 aromatic heterocycles. The van der Waals surface area contributed by atoms with Gasteiger partial charge < -0.3 is 4.74 Å². The van der Waals surface area contributed by atoms with E-state index in [1.165, 1.54) is 0 Å². The number of fused-ring (bicyclic) bond motifs is 1. The van der Waals surface area contributed by atoms with Crippen molar-refractivity contribution in [2.24, 2.45) is 5.92 Å². The zero-order chi connectivity index (χ0) is 11.7. The van der Waals surface area contributed by atoms with E-state index in [4.69, 9.17) is 4.74 Å². The van der Waals surface area contributed by atoms with E-state index in [9.17, 15) is 4.79 Å². The summed E-state index contributed by atoms with van der Waals surface area (Å²) >= 11 is 0. The minimum Gasteiger partial charge on any atom is -0.381 e. The number of H-pyrrole nitrogens is 1. The van der Waals surface area contributed by atoms with Gasteiger partial charge in [-0.25, -0.2) is 9.78 Å². The fourth-order valence-electron chi connectivity index (χ4n) is 2.36. The molecule has 0 aromatic carbocycles. The number of imidazole rings is 1. The SMILES string of the molecule is O=c1[nH]c2ncccc2n1CC1CCOCC1. The van der Waals surface area contributed by atoms with Crippen LogP contribution in [-0.2, 0) is 11.3 Å². The van der Waals surface area contributed by atoms with Gasteiger partial charge in [0.2, 0.25) is 0 Å². The van der Waals surface area contributed by atoms with Crippen molar-refractivity contribution in [3.05, 3.63) is 28.8 Å². The first kappa shape index (κ1) is 10.5. The molecule has 2 aromatic rings. The van der Waals surface area contributed by atoms with E-state index in [0.717, 1.165) is 38.1 Å². The molecule has 0 amide bonds. The van der Waals surface area contributed by atoms with Gasteiger partial charge in [-0.1, -0.05) is 0 Å². The van der Waals surface area contributed by atoms with Gasteiger partial charge in [0.1, 0.15) is 0 Å². The minimum absolute atomic E-state index is 0.0646. The standard InChI is InChI=1S/C12H15N3O2/c16-12-14-11-10(2-1-5-13-11)15(12)8-9-3-6-17-7-4-9/h1-2,5,9H,3-4,6-8H2,(H,13,14,16). The molecule has 1 fully saturated rings. The lowest BCUT2D eigenvalue weighted by Gasteiger charge is -2.22. The summed E-state index contributed by atoms with van der Waals surface area (Å²) in [6.45, 7) is 2.37. The van der Waals surface area contributed by atoms with Crippen LogP contribution in [0, 0.1) is 5.92 Å². The van der Waals surface area contributed by atoms with Crippen LogP contribution < -0.4 is 5.69 Å². The number of aromatic amines is 1. The Labute approximate surface area is 98.4 Å². The quantitative estimate of drug-likeness (QED) is 0.846. The zero-order valence-electron chi connectivity index (χ0n) is 9.56. The summed E-state index contributed by atoms with van der Waals surface area (Å²) in [6, 6.07) is 3.79. The smallest absolute Gasteiger partial charge is 0.327 e. The minimum atomic E-state index is -0.0646. The van der Waals surface area contributed by atoms with Gasteiger partial charge in [0.05, 0.1) is 5.52 Å². The molecular weight excluding hydrogens is 218 g/mol. The van der Waals surface area contributed by atoms with Gasteiger partial charge >= 0.3 is 5.69 Å². The lowest BCUT2D eigenvalue weighted by atomic mass is 10.0. The molecule has 0 atom stereocenters. The van der Waals surface area contributed by atoms with Crippen LogP contribution in [0.4, 0.5) is 0 Å². The molecule has 1 aliphatic heterocycles. The molecule has 1 aliphatic rings. The van der Waals surface area contributed by atoms with Crippen LogP contribution in [0.25, 0.3) is 11.2 Å². The second-order valence-electron chi connectivity index (χ2n) is 4.47.